The van der Waals surface area contributed by atoms with Gasteiger partial charge in [-0.1, -0.05) is 42.5 Å². The number of nitrogens with one attached hydrogen (secondary N) is 1. The second-order valence-electron chi connectivity index (χ2n) is 8.22. The topological polar surface area (TPSA) is 114 Å². The lowest BCUT2D eigenvalue weighted by atomic mass is 10.1. The maximum atomic E-state index is 12.9. The van der Waals surface area contributed by atoms with Crippen LogP contribution in [0.4, 0.5) is 11.4 Å². The van der Waals surface area contributed by atoms with Gasteiger partial charge in [0.1, 0.15) is 29.7 Å². The minimum Gasteiger partial charge on any atom is -0.496 e. The number of rotatable bonds is 8. The molecule has 0 unspecified atom stereocenters. The lowest BCUT2D eigenvalue weighted by molar-refractivity contribution is -0.385. The van der Waals surface area contributed by atoms with Gasteiger partial charge in [-0.15, -0.1) is 0 Å². The van der Waals surface area contributed by atoms with E-state index in [9.17, 15) is 20.2 Å². The van der Waals surface area contributed by atoms with E-state index in [0.29, 0.717) is 33.9 Å². The summed E-state index contributed by atoms with van der Waals surface area (Å²) in [5.41, 5.74) is 2.36. The number of amides is 1. The fourth-order valence-corrected chi connectivity index (χ4v) is 3.92. The maximum Gasteiger partial charge on any atom is 0.272 e. The molecule has 4 rings (SSSR count). The average molecular weight is 494 g/mol. The standard InChI is InChI=1S/C29H23N3O5/c1-19-14-24(11-12-27(19)32(34)35)37-18-23-16-20(10-13-28(23)36-2)15-22(17-30)29(33)31-26-9-5-7-21-6-3-4-8-25(21)26/h3-16H,18H2,1-2H3,(H,31,33)/b22-15+. The van der Waals surface area contributed by atoms with Crippen LogP contribution in [0.25, 0.3) is 16.8 Å². The molecule has 184 valence electrons. The van der Waals surface area contributed by atoms with Gasteiger partial charge in [0.25, 0.3) is 11.6 Å². The number of aryl methyl sites for hydroxylation is 1. The number of nitro groups is 1. The number of nitriles is 1. The SMILES string of the molecule is COc1ccc(/C=C(\C#N)C(=O)Nc2cccc3ccccc23)cc1COc1ccc([N+](=O)[O-])c(C)c1. The van der Waals surface area contributed by atoms with E-state index in [4.69, 9.17) is 9.47 Å². The van der Waals surface area contributed by atoms with Gasteiger partial charge in [-0.3, -0.25) is 14.9 Å². The second kappa shape index (κ2) is 11.1. The normalized spacial score (nSPS) is 11.0. The first-order valence-corrected chi connectivity index (χ1v) is 11.3. The number of carbonyl (C=O) groups excluding carboxylic acids is 1. The van der Waals surface area contributed by atoms with Gasteiger partial charge in [0, 0.05) is 28.3 Å². The molecule has 4 aromatic carbocycles. The van der Waals surface area contributed by atoms with Crippen LogP contribution in [-0.4, -0.2) is 17.9 Å². The van der Waals surface area contributed by atoms with Gasteiger partial charge in [-0.25, -0.2) is 0 Å². The molecule has 8 heteroatoms. The third-order valence-electron chi connectivity index (χ3n) is 5.78. The van der Waals surface area contributed by atoms with Crippen LogP contribution in [0.1, 0.15) is 16.7 Å². The fraction of sp³-hybridized carbons (Fsp3) is 0.103. The Labute approximate surface area is 213 Å². The van der Waals surface area contributed by atoms with Crippen molar-refractivity contribution in [2.24, 2.45) is 0 Å². The van der Waals surface area contributed by atoms with Crippen LogP contribution in [-0.2, 0) is 11.4 Å². The van der Waals surface area contributed by atoms with Gasteiger partial charge in [-0.05, 0) is 54.3 Å². The van der Waals surface area contributed by atoms with Gasteiger partial charge < -0.3 is 14.8 Å². The molecular formula is C29H23N3O5. The van der Waals surface area contributed by atoms with Gasteiger partial charge >= 0.3 is 0 Å². The predicted molar refractivity (Wildman–Crippen MR) is 141 cm³/mol. The molecule has 0 aromatic heterocycles. The Morgan fingerprint density at radius 2 is 1.86 bits per heavy atom. The highest BCUT2D eigenvalue weighted by molar-refractivity contribution is 6.12. The Morgan fingerprint density at radius 3 is 2.59 bits per heavy atom. The van der Waals surface area contributed by atoms with Crippen molar-refractivity contribution >= 4 is 34.1 Å². The van der Waals surface area contributed by atoms with Crippen molar-refractivity contribution in [1.82, 2.24) is 0 Å². The Hall–Kier alpha value is -5.16. The van der Waals surface area contributed by atoms with Crippen LogP contribution in [0.3, 0.4) is 0 Å². The van der Waals surface area contributed by atoms with Gasteiger partial charge in [0.05, 0.1) is 12.0 Å². The third kappa shape index (κ3) is 5.74. The molecule has 0 saturated heterocycles. The van der Waals surface area contributed by atoms with Crippen molar-refractivity contribution in [2.45, 2.75) is 13.5 Å². The summed E-state index contributed by atoms with van der Waals surface area (Å²) < 4.78 is 11.3. The number of nitro benzene ring substituents is 1. The molecule has 0 radical (unpaired) electrons. The zero-order chi connectivity index (χ0) is 26.4. The molecule has 1 amide bonds. The zero-order valence-electron chi connectivity index (χ0n) is 20.2. The number of benzene rings is 4. The Balaban J connectivity index is 1.55. The van der Waals surface area contributed by atoms with E-state index in [0.717, 1.165) is 10.8 Å². The molecule has 0 spiro atoms. The molecule has 0 aliphatic heterocycles. The molecule has 4 aromatic rings. The summed E-state index contributed by atoms with van der Waals surface area (Å²) in [6, 6.07) is 25.0. The molecule has 0 bridgehead atoms. The molecule has 8 nitrogen and oxygen atoms in total. The van der Waals surface area contributed by atoms with Crippen LogP contribution in [0.2, 0.25) is 0 Å². The zero-order valence-corrected chi connectivity index (χ0v) is 20.2. The molecule has 0 fully saturated rings. The van der Waals surface area contributed by atoms with E-state index in [1.807, 2.05) is 42.5 Å². The molecule has 0 aliphatic rings. The van der Waals surface area contributed by atoms with Crippen molar-refractivity contribution in [3.05, 3.63) is 111 Å². The van der Waals surface area contributed by atoms with Gasteiger partial charge in [0.15, 0.2) is 0 Å². The van der Waals surface area contributed by atoms with E-state index in [1.54, 1.807) is 37.3 Å². The quantitative estimate of drug-likeness (QED) is 0.135. The number of hydrogen-bond donors (Lipinski definition) is 1. The highest BCUT2D eigenvalue weighted by atomic mass is 16.6. The van der Waals surface area contributed by atoms with Crippen molar-refractivity contribution in [3.63, 3.8) is 0 Å². The smallest absolute Gasteiger partial charge is 0.272 e. The van der Waals surface area contributed by atoms with Gasteiger partial charge in [0.2, 0.25) is 0 Å². The lowest BCUT2D eigenvalue weighted by Gasteiger charge is -2.12. The molecule has 37 heavy (non-hydrogen) atoms. The van der Waals surface area contributed by atoms with Crippen molar-refractivity contribution < 1.29 is 19.2 Å². The fourth-order valence-electron chi connectivity index (χ4n) is 3.92. The molecular weight excluding hydrogens is 470 g/mol. The number of ether oxygens (including phenoxy) is 2. The summed E-state index contributed by atoms with van der Waals surface area (Å²) in [5, 5.41) is 25.4. The first-order chi connectivity index (χ1) is 17.9. The summed E-state index contributed by atoms with van der Waals surface area (Å²) in [6.45, 7) is 1.76. The number of methoxy groups -OCH3 is 1. The minimum absolute atomic E-state index is 0.0166. The highest BCUT2D eigenvalue weighted by Crippen LogP contribution is 2.27. The maximum absolute atomic E-state index is 12.9. The van der Waals surface area contributed by atoms with E-state index in [-0.39, 0.29) is 17.9 Å². The van der Waals surface area contributed by atoms with E-state index < -0.39 is 10.8 Å². The van der Waals surface area contributed by atoms with Crippen LogP contribution < -0.4 is 14.8 Å². The Kier molecular flexibility index (Phi) is 7.45. The number of carbonyl (C=O) groups is 1. The third-order valence-corrected chi connectivity index (χ3v) is 5.78. The second-order valence-corrected chi connectivity index (χ2v) is 8.22. The van der Waals surface area contributed by atoms with E-state index in [1.165, 1.54) is 25.3 Å². The Morgan fingerprint density at radius 1 is 1.08 bits per heavy atom. The van der Waals surface area contributed by atoms with Crippen molar-refractivity contribution in [2.75, 3.05) is 12.4 Å². The summed E-state index contributed by atoms with van der Waals surface area (Å²) in [4.78, 5) is 23.5. The molecule has 0 saturated carbocycles. The molecule has 0 aliphatic carbocycles. The van der Waals surface area contributed by atoms with E-state index in [2.05, 4.69) is 5.32 Å². The van der Waals surface area contributed by atoms with Crippen molar-refractivity contribution in [3.8, 4) is 17.6 Å². The van der Waals surface area contributed by atoms with Crippen LogP contribution in [0.15, 0.2) is 84.4 Å². The average Bonchev–Trinajstić information content (AvgIpc) is 2.90. The monoisotopic (exact) mass is 493 g/mol. The minimum atomic E-state index is -0.520. The van der Waals surface area contributed by atoms with Crippen LogP contribution in [0.5, 0.6) is 11.5 Å². The van der Waals surface area contributed by atoms with Gasteiger partial charge in [-0.2, -0.15) is 5.26 Å². The Bertz CT molecular complexity index is 1560. The number of nitrogens with zero attached hydrogens (tertiary/aromatic N) is 2. The molecule has 1 N–H and O–H groups in total. The van der Waals surface area contributed by atoms with Crippen molar-refractivity contribution in [1.29, 1.82) is 5.26 Å². The highest BCUT2D eigenvalue weighted by Gasteiger charge is 2.14. The largest absolute Gasteiger partial charge is 0.496 e. The number of fused-ring (bicyclic) bond motifs is 1. The number of hydrogen-bond acceptors (Lipinski definition) is 6. The molecule has 0 atom stereocenters. The lowest BCUT2D eigenvalue weighted by Crippen LogP contribution is -2.13. The summed E-state index contributed by atoms with van der Waals surface area (Å²) in [7, 11) is 1.53. The molecule has 0 heterocycles. The number of anilines is 1. The first-order valence-electron chi connectivity index (χ1n) is 11.3. The summed E-state index contributed by atoms with van der Waals surface area (Å²) in [6.07, 6.45) is 1.50. The first kappa shape index (κ1) is 24.9. The van der Waals surface area contributed by atoms with E-state index >= 15 is 0 Å². The summed E-state index contributed by atoms with van der Waals surface area (Å²) in [5.74, 6) is 0.515. The van der Waals surface area contributed by atoms with Crippen LogP contribution >= 0.6 is 0 Å². The van der Waals surface area contributed by atoms with Crippen LogP contribution in [0, 0.1) is 28.4 Å². The predicted octanol–water partition coefficient (Wildman–Crippen LogP) is 6.19. The summed E-state index contributed by atoms with van der Waals surface area (Å²) >= 11 is 0.